The minimum Gasteiger partial charge on any atom is -0.444 e. The highest BCUT2D eigenvalue weighted by Crippen LogP contribution is 2.29. The van der Waals surface area contributed by atoms with Crippen LogP contribution in [-0.2, 0) is 27.8 Å². The normalized spacial score (nSPS) is 16.7. The predicted octanol–water partition coefficient (Wildman–Crippen LogP) is 4.71. The molecule has 14 nitrogen and oxygen atoms in total. The van der Waals surface area contributed by atoms with Crippen LogP contribution in [0.4, 0.5) is 10.5 Å². The molecule has 0 bridgehead atoms. The number of hydrogen-bond donors (Lipinski definition) is 5. The first-order valence-electron chi connectivity index (χ1n) is 17.1. The molecule has 0 spiro atoms. The second-order valence-corrected chi connectivity index (χ2v) is 14.1. The van der Waals surface area contributed by atoms with E-state index in [0.717, 1.165) is 46.1 Å². The number of nitrogens with zero attached hydrogens (tertiary/aromatic N) is 4. The van der Waals surface area contributed by atoms with Crippen LogP contribution in [0, 0.1) is 11.8 Å². The quantitative estimate of drug-likeness (QED) is 0.139. The number of fused-ring (bicyclic) bond motifs is 1. The number of carbonyl (C=O) groups is 3. The summed E-state index contributed by atoms with van der Waals surface area (Å²) < 4.78 is 6.92. The zero-order valence-corrected chi connectivity index (χ0v) is 29.2. The molecule has 3 aromatic carbocycles. The standard InChI is InChI=1S/C37H43N9O5/c1-37(2,3)51-36(50)38-21-23-7-11-26(12-8-23)33(47)40-30(34(48)39-28-16-13-25(14-17-28)32-42-44-45-43-32)19-22-5-9-24(10-6-22)27-15-18-29-31(20-27)46(4)35(49)41-29/h5-6,9-10,13-18,20,23,26,30H,7-8,11-12,19,21H2,1-4H3,(H,38,50)(H,39,48)(H,40,47)(H,41,49)(H,42,43,44,45). The number of aromatic nitrogens is 6. The number of aromatic amines is 2. The van der Waals surface area contributed by atoms with E-state index in [1.807, 2.05) is 63.2 Å². The third-order valence-electron chi connectivity index (χ3n) is 9.17. The van der Waals surface area contributed by atoms with Gasteiger partial charge in [0.05, 0.1) is 11.0 Å². The second kappa shape index (κ2) is 15.0. The van der Waals surface area contributed by atoms with Crippen LogP contribution in [0.25, 0.3) is 33.5 Å². The molecule has 1 atom stereocenters. The Labute approximate surface area is 294 Å². The van der Waals surface area contributed by atoms with Gasteiger partial charge in [-0.2, -0.15) is 5.21 Å². The number of nitrogens with one attached hydrogen (secondary N) is 5. The van der Waals surface area contributed by atoms with E-state index < -0.39 is 17.7 Å². The van der Waals surface area contributed by atoms with Crippen LogP contribution in [0.2, 0.25) is 0 Å². The summed E-state index contributed by atoms with van der Waals surface area (Å²) in [7, 11) is 1.73. The maximum atomic E-state index is 13.7. The number of tetrazole rings is 1. The fraction of sp³-hybridized carbons (Fsp3) is 0.378. The van der Waals surface area contributed by atoms with Crippen molar-refractivity contribution < 1.29 is 19.1 Å². The van der Waals surface area contributed by atoms with E-state index in [1.165, 1.54) is 0 Å². The van der Waals surface area contributed by atoms with Crippen LogP contribution in [0.15, 0.2) is 71.5 Å². The Morgan fingerprint density at radius 2 is 1.63 bits per heavy atom. The number of H-pyrrole nitrogens is 2. The summed E-state index contributed by atoms with van der Waals surface area (Å²) in [5, 5.41) is 22.8. The molecule has 51 heavy (non-hydrogen) atoms. The van der Waals surface area contributed by atoms with Gasteiger partial charge in [-0.15, -0.1) is 10.2 Å². The average molecular weight is 694 g/mol. The molecular weight excluding hydrogens is 650 g/mol. The summed E-state index contributed by atoms with van der Waals surface area (Å²) in [6.45, 7) is 5.96. The van der Waals surface area contributed by atoms with Crippen LogP contribution in [0.3, 0.4) is 0 Å². The highest BCUT2D eigenvalue weighted by molar-refractivity contribution is 5.97. The van der Waals surface area contributed by atoms with Gasteiger partial charge in [0.2, 0.25) is 17.6 Å². The number of ether oxygens (including phenoxy) is 1. The Hall–Kier alpha value is -5.79. The zero-order valence-electron chi connectivity index (χ0n) is 29.2. The van der Waals surface area contributed by atoms with Crippen molar-refractivity contribution in [3.8, 4) is 22.5 Å². The fourth-order valence-corrected chi connectivity index (χ4v) is 6.36. The van der Waals surface area contributed by atoms with E-state index in [2.05, 4.69) is 41.6 Å². The second-order valence-electron chi connectivity index (χ2n) is 14.1. The van der Waals surface area contributed by atoms with Crippen molar-refractivity contribution in [3.63, 3.8) is 0 Å². The van der Waals surface area contributed by atoms with Crippen LogP contribution < -0.4 is 21.6 Å². The molecule has 5 aromatic rings. The zero-order chi connectivity index (χ0) is 36.1. The third kappa shape index (κ3) is 8.87. The number of amides is 3. The lowest BCUT2D eigenvalue weighted by Gasteiger charge is -2.29. The van der Waals surface area contributed by atoms with Crippen LogP contribution in [-0.4, -0.2) is 66.3 Å². The molecule has 0 radical (unpaired) electrons. The van der Waals surface area contributed by atoms with E-state index in [4.69, 9.17) is 4.74 Å². The summed E-state index contributed by atoms with van der Waals surface area (Å²) in [5.41, 5.74) is 4.92. The van der Waals surface area contributed by atoms with E-state index in [1.54, 1.807) is 35.9 Å². The van der Waals surface area contributed by atoms with Gasteiger partial charge in [-0.05, 0) is 111 Å². The van der Waals surface area contributed by atoms with E-state index in [-0.39, 0.29) is 35.8 Å². The van der Waals surface area contributed by atoms with Gasteiger partial charge in [0.15, 0.2) is 0 Å². The van der Waals surface area contributed by atoms with Crippen LogP contribution in [0.5, 0.6) is 0 Å². The molecule has 1 aliphatic rings. The van der Waals surface area contributed by atoms with Crippen molar-refractivity contribution in [2.75, 3.05) is 11.9 Å². The van der Waals surface area contributed by atoms with Crippen LogP contribution in [0.1, 0.15) is 52.0 Å². The summed E-state index contributed by atoms with van der Waals surface area (Å²) in [6, 6.07) is 19.9. The Bertz CT molecular complexity index is 2040. The SMILES string of the molecule is Cn1c(=O)[nH]c2ccc(-c3ccc(CC(NC(=O)C4CCC(CNC(=O)OC(C)(C)C)CC4)C(=O)Nc4ccc(-c5nn[nH]n5)cc4)cc3)cc21. The summed E-state index contributed by atoms with van der Waals surface area (Å²) in [5.74, 6) is -0.0581. The first-order valence-corrected chi connectivity index (χ1v) is 17.1. The maximum absolute atomic E-state index is 13.7. The van der Waals surface area contributed by atoms with Crippen LogP contribution >= 0.6 is 0 Å². The van der Waals surface area contributed by atoms with Gasteiger partial charge >= 0.3 is 11.8 Å². The highest BCUT2D eigenvalue weighted by Gasteiger charge is 2.30. The number of aryl methyl sites for hydroxylation is 1. The van der Waals surface area contributed by atoms with Crippen molar-refractivity contribution in [1.82, 2.24) is 40.8 Å². The minimum atomic E-state index is -0.836. The molecule has 5 N–H and O–H groups in total. The summed E-state index contributed by atoms with van der Waals surface area (Å²) in [4.78, 5) is 54.4. The highest BCUT2D eigenvalue weighted by atomic mass is 16.6. The smallest absolute Gasteiger partial charge is 0.407 e. The van der Waals surface area contributed by atoms with Crippen molar-refractivity contribution in [2.45, 2.75) is 64.5 Å². The van der Waals surface area contributed by atoms with Crippen molar-refractivity contribution in [3.05, 3.63) is 82.8 Å². The number of rotatable bonds is 10. The Balaban J connectivity index is 1.12. The number of imidazole rings is 1. The molecule has 2 heterocycles. The van der Waals surface area contributed by atoms with Gasteiger partial charge < -0.3 is 25.7 Å². The van der Waals surface area contributed by atoms with Crippen molar-refractivity contribution in [1.29, 1.82) is 0 Å². The van der Waals surface area contributed by atoms with Gasteiger partial charge in [0, 0.05) is 37.2 Å². The van der Waals surface area contributed by atoms with Crippen molar-refractivity contribution >= 4 is 34.6 Å². The molecule has 1 aliphatic carbocycles. The van der Waals surface area contributed by atoms with Gasteiger partial charge in [-0.3, -0.25) is 14.2 Å². The van der Waals surface area contributed by atoms with E-state index in [9.17, 15) is 19.2 Å². The van der Waals surface area contributed by atoms with E-state index >= 15 is 0 Å². The van der Waals surface area contributed by atoms with Gasteiger partial charge in [-0.1, -0.05) is 30.3 Å². The van der Waals surface area contributed by atoms with Crippen molar-refractivity contribution in [2.24, 2.45) is 18.9 Å². The number of anilines is 1. The first-order chi connectivity index (χ1) is 24.4. The van der Waals surface area contributed by atoms with E-state index in [0.29, 0.717) is 30.9 Å². The Morgan fingerprint density at radius 1 is 0.941 bits per heavy atom. The van der Waals surface area contributed by atoms with Gasteiger partial charge in [0.25, 0.3) is 0 Å². The average Bonchev–Trinajstić information content (AvgIpc) is 3.75. The molecule has 2 aromatic heterocycles. The number of hydrogen-bond acceptors (Lipinski definition) is 8. The molecule has 0 aliphatic heterocycles. The Morgan fingerprint density at radius 3 is 2.29 bits per heavy atom. The largest absolute Gasteiger partial charge is 0.444 e. The Kier molecular flexibility index (Phi) is 10.3. The molecular formula is C37H43N9O5. The minimum absolute atomic E-state index is 0.164. The number of alkyl carbamates (subject to hydrolysis) is 1. The third-order valence-corrected chi connectivity index (χ3v) is 9.17. The molecule has 266 valence electrons. The summed E-state index contributed by atoms with van der Waals surface area (Å²) >= 11 is 0. The monoisotopic (exact) mass is 693 g/mol. The maximum Gasteiger partial charge on any atom is 0.407 e. The summed E-state index contributed by atoms with van der Waals surface area (Å²) in [6.07, 6.45) is 2.71. The molecule has 1 unspecified atom stereocenters. The molecule has 14 heteroatoms. The molecule has 1 saturated carbocycles. The lowest BCUT2D eigenvalue weighted by molar-refractivity contribution is -0.130. The van der Waals surface area contributed by atoms with Gasteiger partial charge in [-0.25, -0.2) is 9.59 Å². The molecule has 3 amide bonds. The fourth-order valence-electron chi connectivity index (χ4n) is 6.36. The number of carbonyl (C=O) groups excluding carboxylic acids is 3. The predicted molar refractivity (Wildman–Crippen MR) is 193 cm³/mol. The molecule has 6 rings (SSSR count). The topological polar surface area (TPSA) is 189 Å². The lowest BCUT2D eigenvalue weighted by atomic mass is 9.81. The lowest BCUT2D eigenvalue weighted by Crippen LogP contribution is -2.48. The molecule has 1 fully saturated rings. The molecule has 0 saturated heterocycles. The van der Waals surface area contributed by atoms with Gasteiger partial charge in [0.1, 0.15) is 11.6 Å². The first kappa shape index (κ1) is 35.1. The number of benzene rings is 3.